The molecule has 1 atom stereocenters. The van der Waals surface area contributed by atoms with Gasteiger partial charge in [0.1, 0.15) is 13.2 Å². The lowest BCUT2D eigenvalue weighted by Gasteiger charge is -2.18. The van der Waals surface area contributed by atoms with Crippen molar-refractivity contribution < 1.29 is 28.6 Å². The molecule has 0 spiro atoms. The first-order valence-electron chi connectivity index (χ1n) is 30.0. The second-order valence-corrected chi connectivity index (χ2v) is 19.5. The second-order valence-electron chi connectivity index (χ2n) is 19.5. The van der Waals surface area contributed by atoms with Crippen LogP contribution in [0, 0.1) is 0 Å². The summed E-state index contributed by atoms with van der Waals surface area (Å²) in [7, 11) is 0. The van der Waals surface area contributed by atoms with Gasteiger partial charge in [-0.2, -0.15) is 0 Å². The Hall–Kier alpha value is -4.19. The van der Waals surface area contributed by atoms with E-state index in [0.717, 1.165) is 116 Å². The fourth-order valence-corrected chi connectivity index (χ4v) is 7.97. The van der Waals surface area contributed by atoms with Crippen molar-refractivity contribution in [3.63, 3.8) is 0 Å². The van der Waals surface area contributed by atoms with Gasteiger partial charge in [-0.1, -0.05) is 258 Å². The highest BCUT2D eigenvalue weighted by Crippen LogP contribution is 2.15. The average Bonchev–Trinajstić information content (AvgIpc) is 3.39. The molecule has 0 aliphatic heterocycles. The molecule has 0 fully saturated rings. The molecule has 0 aromatic heterocycles. The highest BCUT2D eigenvalue weighted by atomic mass is 16.6. The summed E-state index contributed by atoms with van der Waals surface area (Å²) in [6.45, 7) is 6.38. The molecule has 6 nitrogen and oxygen atoms in total. The zero-order chi connectivity index (χ0) is 52.9. The van der Waals surface area contributed by atoms with E-state index >= 15 is 0 Å². The summed E-state index contributed by atoms with van der Waals surface area (Å²) in [4.78, 5) is 37.8. The van der Waals surface area contributed by atoms with Gasteiger partial charge in [-0.3, -0.25) is 14.4 Å². The van der Waals surface area contributed by atoms with Crippen LogP contribution in [-0.4, -0.2) is 37.2 Å². The van der Waals surface area contributed by atoms with Crippen LogP contribution in [0.3, 0.4) is 0 Å². The van der Waals surface area contributed by atoms with Crippen LogP contribution in [0.1, 0.15) is 265 Å². The van der Waals surface area contributed by atoms with Gasteiger partial charge >= 0.3 is 17.9 Å². The van der Waals surface area contributed by atoms with Crippen molar-refractivity contribution >= 4 is 17.9 Å². The third-order valence-corrected chi connectivity index (χ3v) is 12.5. The van der Waals surface area contributed by atoms with Crippen LogP contribution >= 0.6 is 0 Å². The Bertz CT molecular complexity index is 1540. The molecule has 1 unspecified atom stereocenters. The maximum atomic E-state index is 12.8. The topological polar surface area (TPSA) is 78.9 Å². The van der Waals surface area contributed by atoms with Gasteiger partial charge in [-0.05, 0) is 109 Å². The van der Waals surface area contributed by atoms with Crippen molar-refractivity contribution in [1.82, 2.24) is 0 Å². The van der Waals surface area contributed by atoms with Crippen LogP contribution in [0.2, 0.25) is 0 Å². The third-order valence-electron chi connectivity index (χ3n) is 12.5. The van der Waals surface area contributed by atoms with Crippen LogP contribution in [0.15, 0.2) is 122 Å². The minimum Gasteiger partial charge on any atom is -0.462 e. The zero-order valence-corrected chi connectivity index (χ0v) is 47.4. The first-order chi connectivity index (χ1) is 36.0. The molecule has 0 aliphatic carbocycles. The molecule has 0 radical (unpaired) electrons. The molecule has 0 rings (SSSR count). The molecular formula is C67H110O6. The number of unbranched alkanes of at least 4 members (excludes halogenated alkanes) is 22. The molecule has 0 saturated carbocycles. The highest BCUT2D eigenvalue weighted by Gasteiger charge is 2.19. The Balaban J connectivity index is 4.18. The maximum Gasteiger partial charge on any atom is 0.306 e. The summed E-state index contributed by atoms with van der Waals surface area (Å²) in [5, 5.41) is 0. The lowest BCUT2D eigenvalue weighted by atomic mass is 10.0. The Labute approximate surface area is 450 Å². The van der Waals surface area contributed by atoms with Crippen molar-refractivity contribution in [2.24, 2.45) is 0 Å². The average molecular weight is 1010 g/mol. The van der Waals surface area contributed by atoms with Crippen molar-refractivity contribution in [3.05, 3.63) is 122 Å². The lowest BCUT2D eigenvalue weighted by Crippen LogP contribution is -2.30. The number of ether oxygens (including phenoxy) is 3. The number of esters is 3. The van der Waals surface area contributed by atoms with Crippen molar-refractivity contribution in [2.75, 3.05) is 13.2 Å². The Morgan fingerprint density at radius 3 is 0.877 bits per heavy atom. The maximum absolute atomic E-state index is 12.8. The predicted octanol–water partition coefficient (Wildman–Crippen LogP) is 20.4. The second kappa shape index (κ2) is 60.4. The van der Waals surface area contributed by atoms with Gasteiger partial charge in [0.05, 0.1) is 0 Å². The normalized spacial score (nSPS) is 13.0. The number of rotatable bonds is 53. The van der Waals surface area contributed by atoms with Gasteiger partial charge < -0.3 is 14.2 Å². The molecule has 0 aromatic carbocycles. The van der Waals surface area contributed by atoms with E-state index in [1.54, 1.807) is 0 Å². The van der Waals surface area contributed by atoms with E-state index in [0.29, 0.717) is 19.3 Å². The van der Waals surface area contributed by atoms with E-state index < -0.39 is 6.10 Å². The molecule has 414 valence electrons. The van der Waals surface area contributed by atoms with E-state index in [1.165, 1.54) is 103 Å². The lowest BCUT2D eigenvalue weighted by molar-refractivity contribution is -0.167. The van der Waals surface area contributed by atoms with E-state index in [9.17, 15) is 14.4 Å². The molecular weight excluding hydrogens is 901 g/mol. The van der Waals surface area contributed by atoms with Crippen LogP contribution in [0.4, 0.5) is 0 Å². The highest BCUT2D eigenvalue weighted by molar-refractivity contribution is 5.71. The Morgan fingerprint density at radius 2 is 0.548 bits per heavy atom. The van der Waals surface area contributed by atoms with Crippen LogP contribution in [-0.2, 0) is 28.6 Å². The number of allylic oxidation sites excluding steroid dienone is 20. The molecule has 0 heterocycles. The number of carbonyl (C=O) groups is 3. The summed E-state index contributed by atoms with van der Waals surface area (Å²) >= 11 is 0. The van der Waals surface area contributed by atoms with Crippen molar-refractivity contribution in [1.29, 1.82) is 0 Å². The fourth-order valence-electron chi connectivity index (χ4n) is 7.97. The summed E-state index contributed by atoms with van der Waals surface area (Å²) in [6.07, 6.45) is 83.9. The Kier molecular flexibility index (Phi) is 56.9. The molecule has 0 aliphatic rings. The fraction of sp³-hybridized carbons (Fsp3) is 0.657. The quantitative estimate of drug-likeness (QED) is 0.0261. The number of carbonyl (C=O) groups excluding carboxylic acids is 3. The van der Waals surface area contributed by atoms with E-state index in [2.05, 4.69) is 142 Å². The first kappa shape index (κ1) is 68.8. The molecule has 0 aromatic rings. The molecule has 6 heteroatoms. The number of hydrogen-bond acceptors (Lipinski definition) is 6. The molecule has 0 bridgehead atoms. The van der Waals surface area contributed by atoms with E-state index in [-0.39, 0.29) is 37.5 Å². The summed E-state index contributed by atoms with van der Waals surface area (Å²) in [5.74, 6) is -0.982. The standard InChI is InChI=1S/C67H110O6/c1-4-7-10-13-15-17-19-21-23-25-27-29-31-32-33-34-36-37-39-41-43-45-47-49-51-54-57-60-66(69)72-63-64(62-71-65(68)59-56-53-12-9-6-3)73-67(70)61-58-55-52-50-48-46-44-42-40-38-35-30-28-26-24-22-20-18-16-14-11-8-5-2/h8,11,16,18-19,21-22,24-25,27-28,30-32,38,40,44,46,50,52,64H,4-7,9-10,12-15,17,20,23,26,29,33-37,39,41-43,45,47-49,51,53-63H2,1-3H3/b11-8-,18-16-,21-19-,24-22-,27-25-,30-28-,32-31-,40-38-,46-44-,52-50-. The van der Waals surface area contributed by atoms with E-state index in [4.69, 9.17) is 14.2 Å². The third kappa shape index (κ3) is 58.6. The smallest absolute Gasteiger partial charge is 0.306 e. The largest absolute Gasteiger partial charge is 0.462 e. The van der Waals surface area contributed by atoms with Crippen molar-refractivity contribution in [3.8, 4) is 0 Å². The predicted molar refractivity (Wildman–Crippen MR) is 316 cm³/mol. The minimum atomic E-state index is -0.809. The summed E-state index contributed by atoms with van der Waals surface area (Å²) in [6, 6.07) is 0. The van der Waals surface area contributed by atoms with Gasteiger partial charge in [-0.25, -0.2) is 0 Å². The van der Waals surface area contributed by atoms with Gasteiger partial charge in [0.15, 0.2) is 6.10 Å². The van der Waals surface area contributed by atoms with E-state index in [1.807, 2.05) is 0 Å². The zero-order valence-electron chi connectivity index (χ0n) is 47.4. The van der Waals surface area contributed by atoms with Gasteiger partial charge in [0, 0.05) is 19.3 Å². The molecule has 0 amide bonds. The van der Waals surface area contributed by atoms with Gasteiger partial charge in [0.2, 0.25) is 0 Å². The molecule has 0 N–H and O–H groups in total. The van der Waals surface area contributed by atoms with Crippen LogP contribution in [0.25, 0.3) is 0 Å². The number of hydrogen-bond donors (Lipinski definition) is 0. The van der Waals surface area contributed by atoms with Crippen LogP contribution in [0.5, 0.6) is 0 Å². The van der Waals surface area contributed by atoms with Crippen molar-refractivity contribution in [2.45, 2.75) is 271 Å². The van der Waals surface area contributed by atoms with Gasteiger partial charge in [0.25, 0.3) is 0 Å². The Morgan fingerprint density at radius 1 is 0.288 bits per heavy atom. The van der Waals surface area contributed by atoms with Crippen LogP contribution < -0.4 is 0 Å². The van der Waals surface area contributed by atoms with Gasteiger partial charge in [-0.15, -0.1) is 0 Å². The molecule has 0 saturated heterocycles. The summed E-state index contributed by atoms with van der Waals surface area (Å²) in [5.41, 5.74) is 0. The monoisotopic (exact) mass is 1010 g/mol. The SMILES string of the molecule is CC/C=C\C/C=C\C/C=C\C/C=C\C/C=C\C/C=C\C/C=C\CCCC(=O)OC(COC(=O)CCCCCCC)COC(=O)CCCCCCCCCCCCCC/C=C\C/C=C\C/C=C\CCCCCCC. The first-order valence-corrected chi connectivity index (χ1v) is 30.0. The summed E-state index contributed by atoms with van der Waals surface area (Å²) < 4.78 is 16.7. The minimum absolute atomic E-state index is 0.104. The molecule has 73 heavy (non-hydrogen) atoms.